The van der Waals surface area contributed by atoms with Crippen LogP contribution in [0.2, 0.25) is 30.1 Å². The maximum Gasteiger partial charge on any atom is 0.329 e. The molecule has 16 aromatic rings. The summed E-state index contributed by atoms with van der Waals surface area (Å²) < 4.78 is 115. The van der Waals surface area contributed by atoms with Crippen molar-refractivity contribution in [2.45, 2.75) is 167 Å². The van der Waals surface area contributed by atoms with Crippen molar-refractivity contribution in [3.8, 4) is 0 Å². The van der Waals surface area contributed by atoms with E-state index in [2.05, 4.69) is 9.97 Å². The Kier molecular flexibility index (Phi) is 25.2. The van der Waals surface area contributed by atoms with Crippen LogP contribution in [0.4, 0.5) is 0 Å². The molecule has 10 aromatic heterocycles. The molecular formula is C88H92Cl6N18O12S4. The van der Waals surface area contributed by atoms with Crippen molar-refractivity contribution in [3.05, 3.63) is 240 Å². The third kappa shape index (κ3) is 19.3. The third-order valence-electron chi connectivity index (χ3n) is 23.6. The summed E-state index contributed by atoms with van der Waals surface area (Å²) in [4.78, 5) is 81.1. The summed E-state index contributed by atoms with van der Waals surface area (Å²) >= 11 is 37.6. The number of nitrogens with zero attached hydrogens (tertiary/aromatic N) is 18. The normalized spacial score (nSPS) is 14.6. The highest BCUT2D eigenvalue weighted by Gasteiger charge is 2.35. The number of halogens is 6. The van der Waals surface area contributed by atoms with Crippen LogP contribution >= 0.6 is 69.6 Å². The van der Waals surface area contributed by atoms with Gasteiger partial charge in [0.2, 0.25) is 0 Å². The molecule has 4 aliphatic rings. The van der Waals surface area contributed by atoms with Gasteiger partial charge in [-0.2, -0.15) is 0 Å². The predicted octanol–water partition coefficient (Wildman–Crippen LogP) is 15.2. The van der Waals surface area contributed by atoms with Crippen molar-refractivity contribution >= 4 is 197 Å². The second-order valence-corrected chi connectivity index (χ2v) is 45.5. The lowest BCUT2D eigenvalue weighted by atomic mass is 10.2. The van der Waals surface area contributed by atoms with E-state index in [0.717, 1.165) is 129 Å². The van der Waals surface area contributed by atoms with Crippen molar-refractivity contribution in [3.63, 3.8) is 0 Å². The molecule has 0 unspecified atom stereocenters. The van der Waals surface area contributed by atoms with Gasteiger partial charge in [0, 0.05) is 108 Å². The molecule has 0 spiro atoms. The summed E-state index contributed by atoms with van der Waals surface area (Å²) in [6.07, 6.45) is 21.3. The Morgan fingerprint density at radius 3 is 0.898 bits per heavy atom. The molecule has 4 aliphatic carbocycles. The first-order chi connectivity index (χ1) is 60.9. The number of hydrogen-bond acceptors (Lipinski definition) is 18. The van der Waals surface area contributed by atoms with Gasteiger partial charge in [0.1, 0.15) is 62.6 Å². The number of fused-ring (bicyclic) bond motifs is 8. The van der Waals surface area contributed by atoms with Crippen LogP contribution in [0.25, 0.3) is 88.3 Å². The largest absolute Gasteiger partial charge is 0.329 e. The van der Waals surface area contributed by atoms with E-state index < -0.39 is 39.3 Å². The first kappa shape index (κ1) is 90.1. The Labute approximate surface area is 765 Å². The highest BCUT2D eigenvalue weighted by atomic mass is 35.5. The Morgan fingerprint density at radius 2 is 0.578 bits per heavy atom. The minimum atomic E-state index is -3.08. The number of benzene rings is 6. The third-order valence-corrected chi connectivity index (χ3v) is 29.2. The number of imidazole rings is 8. The van der Waals surface area contributed by atoms with Crippen molar-refractivity contribution < 1.29 is 33.7 Å². The van der Waals surface area contributed by atoms with E-state index in [0.29, 0.717) is 134 Å². The van der Waals surface area contributed by atoms with Gasteiger partial charge in [-0.05, 0) is 193 Å². The van der Waals surface area contributed by atoms with E-state index in [9.17, 15) is 52.8 Å². The lowest BCUT2D eigenvalue weighted by molar-refractivity contribution is 0.582. The molecule has 0 radical (unpaired) electrons. The van der Waals surface area contributed by atoms with Crippen molar-refractivity contribution in [1.82, 2.24) is 84.7 Å². The van der Waals surface area contributed by atoms with Crippen molar-refractivity contribution in [2.75, 3.05) is 48.0 Å². The maximum atomic E-state index is 13.4. The monoisotopic (exact) mass is 1930 g/mol. The summed E-state index contributed by atoms with van der Waals surface area (Å²) in [6.45, 7) is 6.95. The average Bonchev–Trinajstić information content (AvgIpc) is 1.60. The van der Waals surface area contributed by atoms with Gasteiger partial charge >= 0.3 is 22.8 Å². The van der Waals surface area contributed by atoms with Gasteiger partial charge in [-0.1, -0.05) is 87.8 Å². The molecule has 0 aliphatic heterocycles. The fraction of sp³-hybridized carbons (Fsp3) is 0.386. The standard InChI is InChI=1S/C23H25ClN4O3S.C22H22Cl2N4O3S.C22H24ClN5O3S.C21H21Cl2N5O3S/c1-15-5-3-6-20-22(15)28(17-8-9-17)23(29)27(20)14-21-25-18-13-16(24)7-10-19(18)26(21)11-4-12-32(2,30)31;1-32(30,31)11-3-10-26-18-9-6-14(23)12-17(18)25-20(26)13-27-19-5-2-4-16(24)21(19)28(22(27)29)15-7-8-15;1-14-11-24-12-19-21(14)28(16-5-6-16)22(29)27(19)13-20-25-17-10-15(23)4-7-18(17)26(20)8-3-9-32(2,30)31;1-32(30,31)8-2-7-26-17-6-3-13(22)9-16(17)25-19(26)12-27-18-11-24-10-15(23)20(18)28(21(27)29)14-4-5-14/h3,5-7,10,13,17H,4,8-9,11-12,14H2,1-2H3;2,4-6,9,12,15H,3,7-8,10-11,13H2,1H3;4,7,10-12,16H,3,5-6,8-9,13H2,1-2H3;3,6,9-11,14H,2,4-5,7-8,12H2,1H3. The first-order valence-corrected chi connectivity index (χ1v) is 52.6. The quantitative estimate of drug-likeness (QED) is 0.0439. The summed E-state index contributed by atoms with van der Waals surface area (Å²) in [7, 11) is -12.3. The molecule has 20 rings (SSSR count). The fourth-order valence-corrected chi connectivity index (χ4v) is 21.0. The molecule has 672 valence electrons. The molecule has 0 bridgehead atoms. The highest BCUT2D eigenvalue weighted by molar-refractivity contribution is 7.91. The summed E-state index contributed by atoms with van der Waals surface area (Å²) in [5.74, 6) is 3.06. The van der Waals surface area contributed by atoms with E-state index in [1.54, 1.807) is 107 Å². The summed E-state index contributed by atoms with van der Waals surface area (Å²) in [5.41, 5.74) is 14.5. The van der Waals surface area contributed by atoms with Crippen LogP contribution in [0, 0.1) is 13.8 Å². The van der Waals surface area contributed by atoms with E-state index >= 15 is 0 Å². The Bertz CT molecular complexity index is 6970. The van der Waals surface area contributed by atoms with Gasteiger partial charge in [-0.3, -0.25) is 46.5 Å². The zero-order chi connectivity index (χ0) is 90.5. The Hall–Kier alpha value is -9.88. The van der Waals surface area contributed by atoms with Gasteiger partial charge < -0.3 is 18.3 Å². The van der Waals surface area contributed by atoms with Gasteiger partial charge in [-0.25, -0.2) is 72.8 Å². The molecule has 4 fully saturated rings. The van der Waals surface area contributed by atoms with Gasteiger partial charge in [0.05, 0.1) is 160 Å². The predicted molar refractivity (Wildman–Crippen MR) is 506 cm³/mol. The van der Waals surface area contributed by atoms with Gasteiger partial charge in [0.15, 0.2) is 0 Å². The molecule has 0 N–H and O–H groups in total. The van der Waals surface area contributed by atoms with Crippen molar-refractivity contribution in [2.24, 2.45) is 0 Å². The lowest BCUT2D eigenvalue weighted by Gasteiger charge is -2.10. The lowest BCUT2D eigenvalue weighted by Crippen LogP contribution is -2.25. The summed E-state index contributed by atoms with van der Waals surface area (Å²) in [5, 5.41) is 3.29. The van der Waals surface area contributed by atoms with Crippen LogP contribution < -0.4 is 22.8 Å². The van der Waals surface area contributed by atoms with Crippen LogP contribution in [-0.4, -0.2) is 166 Å². The number of pyridine rings is 2. The fourth-order valence-electron chi connectivity index (χ4n) is 17.3. The number of para-hydroxylation sites is 2. The first-order valence-electron chi connectivity index (χ1n) is 42.1. The minimum Gasteiger partial charge on any atom is -0.326 e. The number of aromatic nitrogens is 18. The molecule has 30 nitrogen and oxygen atoms in total. The summed E-state index contributed by atoms with van der Waals surface area (Å²) in [6, 6.07) is 34.2. The molecule has 0 amide bonds. The zero-order valence-electron chi connectivity index (χ0n) is 70.8. The van der Waals surface area contributed by atoms with Crippen LogP contribution in [0.5, 0.6) is 0 Å². The van der Waals surface area contributed by atoms with E-state index in [4.69, 9.17) is 89.5 Å². The second kappa shape index (κ2) is 35.8. The van der Waals surface area contributed by atoms with Crippen LogP contribution in [0.3, 0.4) is 0 Å². The van der Waals surface area contributed by atoms with Crippen LogP contribution in [0.1, 0.15) is 136 Å². The number of aryl methyl sites for hydroxylation is 6. The van der Waals surface area contributed by atoms with E-state index in [1.807, 2.05) is 95.8 Å². The molecule has 6 aromatic carbocycles. The molecule has 4 saturated carbocycles. The SMILES string of the molecule is CS(=O)(=O)CCCn1c(Cn2c(=O)n(C3CC3)c3c(Cl)cccc32)nc2cc(Cl)ccc21.CS(=O)(=O)CCCn1c(Cn2c(=O)n(C3CC3)c3c(Cl)cncc32)nc2cc(Cl)ccc21.Cc1cccc2c1n(C1CC1)c(=O)n2Cc1nc2cc(Cl)ccc2n1CCCS(C)(=O)=O.Cc1cncc2c1n(C1CC1)c(=O)n2Cc1nc2cc(Cl)ccc2n1CCCS(C)(=O)=O. The zero-order valence-corrected chi connectivity index (χ0v) is 78.6. The minimum absolute atomic E-state index is 0.0235. The van der Waals surface area contributed by atoms with Crippen LogP contribution in [0.15, 0.2) is 153 Å². The highest BCUT2D eigenvalue weighted by Crippen LogP contribution is 2.42. The number of rotatable bonds is 28. The number of hydrogen-bond donors (Lipinski definition) is 0. The Balaban J connectivity index is 0.000000120. The number of sulfone groups is 4. The van der Waals surface area contributed by atoms with Crippen molar-refractivity contribution in [1.29, 1.82) is 0 Å². The molecular weight excluding hydrogens is 1840 g/mol. The van der Waals surface area contributed by atoms with Gasteiger partial charge in [0.25, 0.3) is 0 Å². The van der Waals surface area contributed by atoms with E-state index in [-0.39, 0.29) is 89.6 Å². The topological polar surface area (TPSA) is 341 Å². The molecule has 0 saturated heterocycles. The van der Waals surface area contributed by atoms with Crippen LogP contribution in [-0.2, 0) is 91.7 Å². The van der Waals surface area contributed by atoms with E-state index in [1.165, 1.54) is 25.0 Å². The van der Waals surface area contributed by atoms with Gasteiger partial charge in [-0.15, -0.1) is 0 Å². The molecule has 10 heterocycles. The smallest absolute Gasteiger partial charge is 0.326 e. The molecule has 0 atom stereocenters. The molecule has 40 heteroatoms. The second-order valence-electron chi connectivity index (χ2n) is 33.9. The Morgan fingerprint density at radius 1 is 0.305 bits per heavy atom. The maximum absolute atomic E-state index is 13.4. The molecule has 128 heavy (non-hydrogen) atoms. The average molecular weight is 1930 g/mol.